The number of fused-ring (bicyclic) bond motifs is 4. The van der Waals surface area contributed by atoms with E-state index in [9.17, 15) is 14.4 Å². The van der Waals surface area contributed by atoms with Crippen LogP contribution in [0.1, 0.15) is 69.8 Å². The first kappa shape index (κ1) is 17.4. The molecule has 0 N–H and O–H groups in total. The highest BCUT2D eigenvalue weighted by molar-refractivity contribution is 7.10. The van der Waals surface area contributed by atoms with Crippen molar-refractivity contribution in [3.05, 3.63) is 57.3 Å². The van der Waals surface area contributed by atoms with E-state index in [0.29, 0.717) is 24.0 Å². The molecule has 0 radical (unpaired) electrons. The Bertz CT molecular complexity index is 1040. The maximum absolute atomic E-state index is 13.9. The molecular formula is C23H22N2O3S. The summed E-state index contributed by atoms with van der Waals surface area (Å²) in [6.07, 6.45) is 4.34. The first-order valence-electron chi connectivity index (χ1n) is 10.4. The molecule has 3 aliphatic heterocycles. The molecule has 0 bridgehead atoms. The molecular weight excluding hydrogens is 384 g/mol. The first-order chi connectivity index (χ1) is 14.0. The smallest absolute Gasteiger partial charge is 0.261 e. The van der Waals surface area contributed by atoms with Gasteiger partial charge in [-0.2, -0.15) is 0 Å². The molecule has 4 aliphatic rings. The Morgan fingerprint density at radius 3 is 2.48 bits per heavy atom. The number of benzene rings is 1. The standard InChI is InChI=1S/C23H22N2O3S/c1-13-5-4-8-17-16-9-10-29-18(16)11-23(22(28)24(13)17)12-19(23)25-20(26)14-6-2-3-7-15(14)21(25)27/h2-3,6-7,9-10,13,17,19H,4-5,8,11-12H2,1H3/t13-,17-,19?,23-/m1/s1. The van der Waals surface area contributed by atoms with Crippen LogP contribution in [0.3, 0.4) is 0 Å². The van der Waals surface area contributed by atoms with Gasteiger partial charge in [0, 0.05) is 10.9 Å². The van der Waals surface area contributed by atoms with Crippen LogP contribution in [0.25, 0.3) is 0 Å². The normalized spacial score (nSPS) is 32.9. The van der Waals surface area contributed by atoms with Crippen molar-refractivity contribution in [2.24, 2.45) is 5.41 Å². The van der Waals surface area contributed by atoms with E-state index in [1.165, 1.54) is 15.3 Å². The molecule has 5 nitrogen and oxygen atoms in total. The fourth-order valence-corrected chi connectivity index (χ4v) is 6.84. The Morgan fingerprint density at radius 1 is 1.03 bits per heavy atom. The van der Waals surface area contributed by atoms with Crippen molar-refractivity contribution in [3.63, 3.8) is 0 Å². The Labute approximate surface area is 173 Å². The lowest BCUT2D eigenvalue weighted by Gasteiger charge is -2.41. The molecule has 6 rings (SSSR count). The number of carbonyl (C=O) groups is 3. The average Bonchev–Trinajstić information content (AvgIpc) is 3.16. The molecule has 2 aromatic rings. The monoisotopic (exact) mass is 406 g/mol. The van der Waals surface area contributed by atoms with Crippen LogP contribution in [-0.4, -0.2) is 39.6 Å². The highest BCUT2D eigenvalue weighted by Crippen LogP contribution is 2.59. The Hall–Kier alpha value is -2.47. The van der Waals surface area contributed by atoms with Gasteiger partial charge in [-0.15, -0.1) is 11.3 Å². The molecule has 4 atom stereocenters. The zero-order chi connectivity index (χ0) is 19.9. The van der Waals surface area contributed by atoms with Crippen molar-refractivity contribution in [1.82, 2.24) is 9.80 Å². The Balaban J connectivity index is 1.42. The van der Waals surface area contributed by atoms with Crippen LogP contribution in [0.5, 0.6) is 0 Å². The quantitative estimate of drug-likeness (QED) is 0.677. The van der Waals surface area contributed by atoms with E-state index < -0.39 is 5.41 Å². The maximum atomic E-state index is 13.9. The van der Waals surface area contributed by atoms with Crippen molar-refractivity contribution in [2.75, 3.05) is 0 Å². The predicted octanol–water partition coefficient (Wildman–Crippen LogP) is 3.80. The molecule has 148 valence electrons. The van der Waals surface area contributed by atoms with E-state index in [-0.39, 0.29) is 35.8 Å². The van der Waals surface area contributed by atoms with Crippen molar-refractivity contribution in [1.29, 1.82) is 0 Å². The van der Waals surface area contributed by atoms with Gasteiger partial charge in [-0.3, -0.25) is 19.3 Å². The lowest BCUT2D eigenvalue weighted by Crippen LogP contribution is -2.49. The van der Waals surface area contributed by atoms with Gasteiger partial charge in [0.2, 0.25) is 5.91 Å². The van der Waals surface area contributed by atoms with Gasteiger partial charge in [-0.1, -0.05) is 12.1 Å². The summed E-state index contributed by atoms with van der Waals surface area (Å²) in [5.41, 5.74) is 1.54. The summed E-state index contributed by atoms with van der Waals surface area (Å²) in [5.74, 6) is -0.363. The summed E-state index contributed by atoms with van der Waals surface area (Å²) < 4.78 is 0. The molecule has 29 heavy (non-hydrogen) atoms. The SMILES string of the molecule is C[C@@H]1CCC[C@@H]2c3ccsc3C[C@]3(CC3N3C(=O)c4ccccc4C3=O)C(=O)N12. The molecule has 1 saturated heterocycles. The lowest BCUT2D eigenvalue weighted by atomic mass is 9.92. The lowest BCUT2D eigenvalue weighted by molar-refractivity contribution is -0.144. The number of thiophene rings is 1. The third kappa shape index (κ3) is 2.18. The number of rotatable bonds is 1. The zero-order valence-electron chi connectivity index (χ0n) is 16.3. The largest absolute Gasteiger partial charge is 0.332 e. The van der Waals surface area contributed by atoms with E-state index in [1.807, 2.05) is 0 Å². The van der Waals surface area contributed by atoms with E-state index in [2.05, 4.69) is 23.3 Å². The second-order valence-electron chi connectivity index (χ2n) is 8.89. The molecule has 4 heterocycles. The van der Waals surface area contributed by atoms with Gasteiger partial charge in [0.1, 0.15) is 0 Å². The summed E-state index contributed by atoms with van der Waals surface area (Å²) in [6.45, 7) is 2.13. The van der Waals surface area contributed by atoms with Crippen LogP contribution in [0.2, 0.25) is 0 Å². The van der Waals surface area contributed by atoms with Crippen LogP contribution >= 0.6 is 11.3 Å². The summed E-state index contributed by atoms with van der Waals surface area (Å²) in [6, 6.07) is 9.13. The summed E-state index contributed by atoms with van der Waals surface area (Å²) in [5, 5.41) is 2.12. The van der Waals surface area contributed by atoms with Crippen LogP contribution < -0.4 is 0 Å². The highest BCUT2D eigenvalue weighted by atomic mass is 32.1. The van der Waals surface area contributed by atoms with Crippen molar-refractivity contribution in [2.45, 2.75) is 57.2 Å². The molecule has 1 aromatic carbocycles. The Kier molecular flexibility index (Phi) is 3.47. The number of carbonyl (C=O) groups excluding carboxylic acids is 3. The Morgan fingerprint density at radius 2 is 1.76 bits per heavy atom. The minimum Gasteiger partial charge on any atom is -0.332 e. The van der Waals surface area contributed by atoms with E-state index in [4.69, 9.17) is 0 Å². The first-order valence-corrected chi connectivity index (χ1v) is 11.3. The van der Waals surface area contributed by atoms with Gasteiger partial charge in [-0.05, 0) is 68.2 Å². The van der Waals surface area contributed by atoms with Crippen molar-refractivity contribution >= 4 is 29.1 Å². The third-order valence-electron chi connectivity index (χ3n) is 7.36. The van der Waals surface area contributed by atoms with Gasteiger partial charge in [-0.25, -0.2) is 0 Å². The van der Waals surface area contributed by atoms with Gasteiger partial charge in [0.15, 0.2) is 0 Å². The third-order valence-corrected chi connectivity index (χ3v) is 8.29. The number of imide groups is 1. The van der Waals surface area contributed by atoms with E-state index in [1.54, 1.807) is 35.6 Å². The van der Waals surface area contributed by atoms with Crippen LogP contribution in [0.4, 0.5) is 0 Å². The van der Waals surface area contributed by atoms with Gasteiger partial charge in [0.25, 0.3) is 11.8 Å². The number of amides is 3. The molecule has 2 fully saturated rings. The molecule has 1 aliphatic carbocycles. The number of nitrogens with zero attached hydrogens (tertiary/aromatic N) is 2. The summed E-state index contributed by atoms with van der Waals surface area (Å²) >= 11 is 1.71. The second-order valence-corrected chi connectivity index (χ2v) is 9.89. The number of hydrogen-bond acceptors (Lipinski definition) is 4. The van der Waals surface area contributed by atoms with Gasteiger partial charge in [0.05, 0.1) is 28.6 Å². The molecule has 3 amide bonds. The molecule has 1 aromatic heterocycles. The molecule has 6 heteroatoms. The van der Waals surface area contributed by atoms with E-state index in [0.717, 1.165) is 19.3 Å². The van der Waals surface area contributed by atoms with Gasteiger partial charge >= 0.3 is 0 Å². The van der Waals surface area contributed by atoms with Crippen LogP contribution in [0, 0.1) is 5.41 Å². The zero-order valence-corrected chi connectivity index (χ0v) is 17.1. The number of piperidine rings is 1. The van der Waals surface area contributed by atoms with E-state index >= 15 is 0 Å². The maximum Gasteiger partial charge on any atom is 0.261 e. The molecule has 1 saturated carbocycles. The molecule has 1 unspecified atom stereocenters. The van der Waals surface area contributed by atoms with Crippen LogP contribution in [0.15, 0.2) is 35.7 Å². The fraction of sp³-hybridized carbons (Fsp3) is 0.435. The summed E-state index contributed by atoms with van der Waals surface area (Å²) in [4.78, 5) is 44.7. The van der Waals surface area contributed by atoms with Crippen LogP contribution in [-0.2, 0) is 11.2 Å². The predicted molar refractivity (Wildman–Crippen MR) is 109 cm³/mol. The number of hydrogen-bond donors (Lipinski definition) is 0. The minimum atomic E-state index is -0.659. The summed E-state index contributed by atoms with van der Waals surface area (Å²) in [7, 11) is 0. The van der Waals surface area contributed by atoms with Gasteiger partial charge < -0.3 is 4.90 Å². The fourth-order valence-electron chi connectivity index (χ4n) is 5.78. The second kappa shape index (κ2) is 5.79. The highest BCUT2D eigenvalue weighted by Gasteiger charge is 2.68. The van der Waals surface area contributed by atoms with Crippen molar-refractivity contribution in [3.8, 4) is 0 Å². The topological polar surface area (TPSA) is 57.7 Å². The average molecular weight is 407 g/mol. The minimum absolute atomic E-state index is 0.135. The molecule has 1 spiro atoms. The van der Waals surface area contributed by atoms with Crippen molar-refractivity contribution < 1.29 is 14.4 Å².